The normalized spacial score (nSPS) is 11.8. The van der Waals surface area contributed by atoms with Crippen LogP contribution in [0.4, 0.5) is 0 Å². The molecule has 0 aliphatic rings. The Bertz CT molecular complexity index is 975. The SMILES string of the molecule is CCC=CCCOc1c(O)c(=O)oc2cc(OC/C=C(\C)CCC=C(C)C)ccc12. The first kappa shape index (κ1) is 23.3. The number of benzene rings is 1. The number of ether oxygens (including phenoxy) is 2. The van der Waals surface area contributed by atoms with Crippen molar-refractivity contribution in [1.29, 1.82) is 0 Å². The van der Waals surface area contributed by atoms with E-state index in [1.807, 2.05) is 18.2 Å². The maximum absolute atomic E-state index is 12.0. The standard InChI is InChI=1S/C25H32O5/c1-5-6-7-8-15-29-24-21-13-12-20(17-22(21)30-25(27)23(24)26)28-16-14-19(4)11-9-10-18(2)3/h6-7,10,12-14,17,26H,5,8-9,11,15-16H2,1-4H3/b7-6?,19-14+. The average Bonchev–Trinajstić information content (AvgIpc) is 2.70. The van der Waals surface area contributed by atoms with Crippen LogP contribution in [0.2, 0.25) is 0 Å². The Hall–Kier alpha value is -2.95. The Morgan fingerprint density at radius 3 is 2.63 bits per heavy atom. The molecule has 1 N–H and O–H groups in total. The lowest BCUT2D eigenvalue weighted by molar-refractivity contribution is 0.301. The Balaban J connectivity index is 2.08. The molecular formula is C25H32O5. The van der Waals surface area contributed by atoms with Gasteiger partial charge in [0.1, 0.15) is 17.9 Å². The predicted octanol–water partition coefficient (Wildman–Crippen LogP) is 6.31. The molecule has 5 heteroatoms. The molecular weight excluding hydrogens is 380 g/mol. The van der Waals surface area contributed by atoms with Gasteiger partial charge in [-0.2, -0.15) is 0 Å². The minimum atomic E-state index is -0.825. The van der Waals surface area contributed by atoms with Crippen molar-refractivity contribution < 1.29 is 19.0 Å². The molecule has 2 aromatic rings. The van der Waals surface area contributed by atoms with Crippen LogP contribution in [-0.2, 0) is 0 Å². The fourth-order valence-electron chi connectivity index (χ4n) is 2.86. The van der Waals surface area contributed by atoms with E-state index in [4.69, 9.17) is 13.9 Å². The molecule has 0 saturated carbocycles. The van der Waals surface area contributed by atoms with Crippen molar-refractivity contribution in [2.45, 2.75) is 53.4 Å². The molecule has 1 heterocycles. The summed E-state index contributed by atoms with van der Waals surface area (Å²) in [6.45, 7) is 9.13. The maximum Gasteiger partial charge on any atom is 0.382 e. The van der Waals surface area contributed by atoms with Crippen molar-refractivity contribution in [3.63, 3.8) is 0 Å². The summed E-state index contributed by atoms with van der Waals surface area (Å²) in [4.78, 5) is 12.0. The van der Waals surface area contributed by atoms with Gasteiger partial charge in [-0.05, 0) is 64.7 Å². The Kier molecular flexibility index (Phi) is 9.26. The van der Waals surface area contributed by atoms with Crippen LogP contribution < -0.4 is 15.1 Å². The third-order valence-electron chi connectivity index (χ3n) is 4.52. The summed E-state index contributed by atoms with van der Waals surface area (Å²) in [7, 11) is 0. The Labute approximate surface area is 178 Å². The van der Waals surface area contributed by atoms with Crippen molar-refractivity contribution in [1.82, 2.24) is 0 Å². The first-order valence-electron chi connectivity index (χ1n) is 10.4. The monoisotopic (exact) mass is 412 g/mol. The first-order chi connectivity index (χ1) is 14.4. The number of rotatable bonds is 11. The lowest BCUT2D eigenvalue weighted by Gasteiger charge is -2.10. The van der Waals surface area contributed by atoms with Gasteiger partial charge in [-0.1, -0.05) is 36.3 Å². The average molecular weight is 413 g/mol. The van der Waals surface area contributed by atoms with Crippen molar-refractivity contribution >= 4 is 11.0 Å². The Morgan fingerprint density at radius 1 is 1.10 bits per heavy atom. The summed E-state index contributed by atoms with van der Waals surface area (Å²) in [5.74, 6) is 0.222. The fourth-order valence-corrected chi connectivity index (χ4v) is 2.86. The van der Waals surface area contributed by atoms with Gasteiger partial charge >= 0.3 is 5.63 Å². The van der Waals surface area contributed by atoms with Gasteiger partial charge in [0, 0.05) is 6.07 Å². The molecule has 0 aliphatic heterocycles. The Morgan fingerprint density at radius 2 is 1.90 bits per heavy atom. The highest BCUT2D eigenvalue weighted by Gasteiger charge is 2.15. The molecule has 162 valence electrons. The molecule has 2 rings (SSSR count). The highest BCUT2D eigenvalue weighted by atomic mass is 16.5. The summed E-state index contributed by atoms with van der Waals surface area (Å²) in [6.07, 6.45) is 12.0. The molecule has 0 fully saturated rings. The van der Waals surface area contributed by atoms with Crippen LogP contribution in [0.3, 0.4) is 0 Å². The molecule has 0 saturated heterocycles. The summed E-state index contributed by atoms with van der Waals surface area (Å²) in [5.41, 5.74) is 2.08. The second-order valence-electron chi connectivity index (χ2n) is 7.42. The van der Waals surface area contributed by atoms with E-state index in [1.54, 1.807) is 18.2 Å². The van der Waals surface area contributed by atoms with Gasteiger partial charge in [0.25, 0.3) is 0 Å². The minimum absolute atomic E-state index is 0.146. The van der Waals surface area contributed by atoms with E-state index < -0.39 is 11.4 Å². The van der Waals surface area contributed by atoms with E-state index in [0.29, 0.717) is 36.4 Å². The van der Waals surface area contributed by atoms with Crippen LogP contribution in [-0.4, -0.2) is 18.3 Å². The summed E-state index contributed by atoms with van der Waals surface area (Å²) >= 11 is 0. The molecule has 0 amide bonds. The van der Waals surface area contributed by atoms with Crippen LogP contribution in [0.5, 0.6) is 17.2 Å². The quantitative estimate of drug-likeness (QED) is 0.266. The van der Waals surface area contributed by atoms with Crippen LogP contribution in [0.1, 0.15) is 53.4 Å². The summed E-state index contributed by atoms with van der Waals surface area (Å²) in [5, 5.41) is 10.6. The van der Waals surface area contributed by atoms with Gasteiger partial charge in [-0.25, -0.2) is 4.79 Å². The fraction of sp³-hybridized carbons (Fsp3) is 0.400. The zero-order valence-electron chi connectivity index (χ0n) is 18.4. The van der Waals surface area contributed by atoms with Crippen molar-refractivity contribution in [2.24, 2.45) is 0 Å². The number of fused-ring (bicyclic) bond motifs is 1. The lowest BCUT2D eigenvalue weighted by Crippen LogP contribution is -2.04. The molecule has 0 radical (unpaired) electrons. The van der Waals surface area contributed by atoms with E-state index >= 15 is 0 Å². The first-order valence-corrected chi connectivity index (χ1v) is 10.4. The number of allylic oxidation sites excluding steroid dienone is 4. The van der Waals surface area contributed by atoms with Crippen LogP contribution in [0.15, 0.2) is 62.9 Å². The van der Waals surface area contributed by atoms with Gasteiger partial charge in [-0.3, -0.25) is 0 Å². The molecule has 0 bridgehead atoms. The minimum Gasteiger partial charge on any atom is -0.499 e. The third kappa shape index (κ3) is 7.14. The second-order valence-corrected chi connectivity index (χ2v) is 7.42. The molecule has 0 aliphatic carbocycles. The smallest absolute Gasteiger partial charge is 0.382 e. The van der Waals surface area contributed by atoms with Crippen molar-refractivity contribution in [2.75, 3.05) is 13.2 Å². The highest BCUT2D eigenvalue weighted by molar-refractivity contribution is 5.86. The number of hydrogen-bond donors (Lipinski definition) is 1. The van der Waals surface area contributed by atoms with Gasteiger partial charge in [0.2, 0.25) is 5.75 Å². The molecule has 1 aromatic carbocycles. The predicted molar refractivity (Wildman–Crippen MR) is 122 cm³/mol. The number of hydrogen-bond acceptors (Lipinski definition) is 5. The van der Waals surface area contributed by atoms with Crippen LogP contribution in [0, 0.1) is 0 Å². The van der Waals surface area contributed by atoms with E-state index in [1.165, 1.54) is 11.1 Å². The third-order valence-corrected chi connectivity index (χ3v) is 4.52. The van der Waals surface area contributed by atoms with Crippen molar-refractivity contribution in [3.8, 4) is 17.2 Å². The summed E-state index contributed by atoms with van der Waals surface area (Å²) < 4.78 is 16.7. The molecule has 0 unspecified atom stereocenters. The molecule has 0 spiro atoms. The molecule has 5 nitrogen and oxygen atoms in total. The highest BCUT2D eigenvalue weighted by Crippen LogP contribution is 2.33. The van der Waals surface area contributed by atoms with Gasteiger partial charge in [-0.15, -0.1) is 0 Å². The maximum atomic E-state index is 12.0. The largest absolute Gasteiger partial charge is 0.499 e. The number of aromatic hydroxyl groups is 1. The van der Waals surface area contributed by atoms with E-state index in [-0.39, 0.29) is 5.75 Å². The van der Waals surface area contributed by atoms with Crippen LogP contribution in [0.25, 0.3) is 11.0 Å². The van der Waals surface area contributed by atoms with E-state index in [0.717, 1.165) is 19.3 Å². The van der Waals surface area contributed by atoms with Crippen molar-refractivity contribution in [3.05, 3.63) is 64.1 Å². The van der Waals surface area contributed by atoms with E-state index in [2.05, 4.69) is 33.8 Å². The zero-order valence-corrected chi connectivity index (χ0v) is 18.4. The topological polar surface area (TPSA) is 68.9 Å². The van der Waals surface area contributed by atoms with Gasteiger partial charge in [0.05, 0.1) is 12.0 Å². The van der Waals surface area contributed by atoms with E-state index in [9.17, 15) is 9.90 Å². The second kappa shape index (κ2) is 11.9. The molecule has 1 aromatic heterocycles. The molecule has 0 atom stereocenters. The van der Waals surface area contributed by atoms with Gasteiger partial charge < -0.3 is 19.0 Å². The lowest BCUT2D eigenvalue weighted by atomic mass is 10.1. The summed E-state index contributed by atoms with van der Waals surface area (Å²) in [6, 6.07) is 5.15. The zero-order chi connectivity index (χ0) is 21.9. The van der Waals surface area contributed by atoms with Crippen LogP contribution >= 0.6 is 0 Å². The van der Waals surface area contributed by atoms with Gasteiger partial charge in [0.15, 0.2) is 5.75 Å². The molecule has 30 heavy (non-hydrogen) atoms.